The lowest BCUT2D eigenvalue weighted by atomic mass is 9.33. The summed E-state index contributed by atoms with van der Waals surface area (Å²) in [5.41, 5.74) is 1.76. The van der Waals surface area contributed by atoms with E-state index in [1.54, 1.807) is 19.6 Å². The zero-order chi connectivity index (χ0) is 27.2. The Morgan fingerprint density at radius 2 is 1.59 bits per heavy atom. The molecule has 0 unspecified atom stereocenters. The van der Waals surface area contributed by atoms with E-state index < -0.39 is 0 Å². The number of carbonyl (C=O) groups is 2. The van der Waals surface area contributed by atoms with Gasteiger partial charge in [-0.2, -0.15) is 0 Å². The fraction of sp³-hybridized carbons (Fsp3) is 0.879. The minimum absolute atomic E-state index is 0.0117. The predicted octanol–water partition coefficient (Wildman–Crippen LogP) is 7.75. The van der Waals surface area contributed by atoms with Crippen LogP contribution in [0.3, 0.4) is 0 Å². The van der Waals surface area contributed by atoms with Crippen molar-refractivity contribution in [2.75, 3.05) is 7.11 Å². The van der Waals surface area contributed by atoms with E-state index >= 15 is 0 Å². The Balaban J connectivity index is 1.57. The van der Waals surface area contributed by atoms with Gasteiger partial charge in [0.1, 0.15) is 6.10 Å². The van der Waals surface area contributed by atoms with E-state index in [2.05, 4.69) is 54.5 Å². The molecule has 0 aromatic carbocycles. The highest BCUT2D eigenvalue weighted by Crippen LogP contribution is 2.76. The van der Waals surface area contributed by atoms with Crippen molar-refractivity contribution < 1.29 is 19.1 Å². The lowest BCUT2D eigenvalue weighted by molar-refractivity contribution is -0.214. The number of esters is 2. The molecule has 0 spiro atoms. The summed E-state index contributed by atoms with van der Waals surface area (Å²) in [6, 6.07) is 0. The van der Waals surface area contributed by atoms with E-state index in [-0.39, 0.29) is 45.1 Å². The van der Waals surface area contributed by atoms with Crippen LogP contribution in [0.5, 0.6) is 0 Å². The van der Waals surface area contributed by atoms with E-state index in [9.17, 15) is 9.59 Å². The predicted molar refractivity (Wildman–Crippen MR) is 147 cm³/mol. The lowest BCUT2D eigenvalue weighted by Crippen LogP contribution is -2.65. The van der Waals surface area contributed by atoms with Crippen molar-refractivity contribution in [1.82, 2.24) is 0 Å². The molecule has 5 rings (SSSR count). The molecule has 0 aliphatic heterocycles. The molecular formula is C33H52O4. The highest BCUT2D eigenvalue weighted by molar-refractivity contribution is 5.78. The first-order chi connectivity index (χ1) is 17.2. The Bertz CT molecular complexity index is 996. The van der Waals surface area contributed by atoms with Crippen LogP contribution in [0.2, 0.25) is 0 Å². The van der Waals surface area contributed by atoms with Gasteiger partial charge in [0.2, 0.25) is 0 Å². The highest BCUT2D eigenvalue weighted by Gasteiger charge is 2.69. The van der Waals surface area contributed by atoms with Crippen molar-refractivity contribution in [2.45, 2.75) is 119 Å². The Hall–Kier alpha value is -1.32. The van der Waals surface area contributed by atoms with Crippen molar-refractivity contribution in [3.8, 4) is 0 Å². The molecule has 0 aromatic heterocycles. The van der Waals surface area contributed by atoms with Gasteiger partial charge in [0.15, 0.2) is 0 Å². The molecule has 0 heterocycles. The first-order valence-corrected chi connectivity index (χ1v) is 15.2. The average Bonchev–Trinajstić information content (AvgIpc) is 2.83. The molecule has 0 amide bonds. The van der Waals surface area contributed by atoms with Crippen LogP contribution in [-0.4, -0.2) is 25.2 Å². The maximum absolute atomic E-state index is 13.4. The second-order valence-corrected chi connectivity index (χ2v) is 15.3. The highest BCUT2D eigenvalue weighted by atomic mass is 16.5. The van der Waals surface area contributed by atoms with Crippen LogP contribution in [0, 0.1) is 56.7 Å². The molecule has 0 aromatic rings. The fourth-order valence-corrected chi connectivity index (χ4v) is 11.4. The number of ether oxygens (including phenoxy) is 2. The SMILES string of the molecule is COC(=O)[C@]12CC[C@H](C)[C@@H](C)[C@@H]1C1=CC[C@@H]3[C@@]4(C)CC[C@@H](OC(C)=O)C(C)(C)[C@@H]4CC[C@@]3(C)[C@@]1(C)CC2. The van der Waals surface area contributed by atoms with E-state index in [4.69, 9.17) is 9.47 Å². The second-order valence-electron chi connectivity index (χ2n) is 15.3. The minimum atomic E-state index is -0.347. The largest absolute Gasteiger partial charge is 0.469 e. The number of hydrogen-bond acceptors (Lipinski definition) is 4. The van der Waals surface area contributed by atoms with Gasteiger partial charge in [-0.25, -0.2) is 0 Å². The summed E-state index contributed by atoms with van der Waals surface area (Å²) in [6.45, 7) is 18.8. The molecule has 4 fully saturated rings. The lowest BCUT2D eigenvalue weighted by Gasteiger charge is -2.71. The number of fused-ring (bicyclic) bond motifs is 7. The molecule has 0 saturated heterocycles. The molecule has 5 aliphatic rings. The molecule has 0 N–H and O–H groups in total. The topological polar surface area (TPSA) is 52.6 Å². The summed E-state index contributed by atoms with van der Waals surface area (Å²) >= 11 is 0. The van der Waals surface area contributed by atoms with Gasteiger partial charge in [0.05, 0.1) is 12.5 Å². The van der Waals surface area contributed by atoms with Gasteiger partial charge in [-0.1, -0.05) is 60.1 Å². The van der Waals surface area contributed by atoms with Crippen LogP contribution in [0.4, 0.5) is 0 Å². The summed E-state index contributed by atoms with van der Waals surface area (Å²) in [5, 5.41) is 0. The van der Waals surface area contributed by atoms with Crippen molar-refractivity contribution in [3.05, 3.63) is 11.6 Å². The standard InChI is InChI=1S/C33H52O4/c1-20-12-17-33(28(35)36-9)19-18-31(7)23(27(33)21(20)2)10-11-25-30(6)15-14-26(37-22(3)34)29(4,5)24(30)13-16-32(25,31)8/h10,20-21,24-27H,11-19H2,1-9H3/t20-,21+,24-,25+,26+,27+,30-,31-,32+,33-/m0/s1. The van der Waals surface area contributed by atoms with Crippen LogP contribution in [0.25, 0.3) is 0 Å². The van der Waals surface area contributed by atoms with Gasteiger partial charge in [0.25, 0.3) is 0 Å². The molecule has 0 radical (unpaired) electrons. The zero-order valence-corrected chi connectivity index (χ0v) is 25.0. The Morgan fingerprint density at radius 1 is 0.892 bits per heavy atom. The quantitative estimate of drug-likeness (QED) is 0.280. The molecule has 10 atom stereocenters. The molecular weight excluding hydrogens is 460 g/mol. The third-order valence-corrected chi connectivity index (χ3v) is 13.8. The van der Waals surface area contributed by atoms with Gasteiger partial charge >= 0.3 is 11.9 Å². The number of carbonyl (C=O) groups excluding carboxylic acids is 2. The first kappa shape index (κ1) is 27.3. The van der Waals surface area contributed by atoms with Gasteiger partial charge in [-0.3, -0.25) is 9.59 Å². The summed E-state index contributed by atoms with van der Waals surface area (Å²) in [6.07, 6.45) is 12.4. The minimum Gasteiger partial charge on any atom is -0.469 e. The smallest absolute Gasteiger partial charge is 0.312 e. The van der Waals surface area contributed by atoms with E-state index in [1.165, 1.54) is 12.8 Å². The van der Waals surface area contributed by atoms with Gasteiger partial charge in [0, 0.05) is 12.3 Å². The van der Waals surface area contributed by atoms with Crippen LogP contribution in [0.1, 0.15) is 113 Å². The monoisotopic (exact) mass is 512 g/mol. The number of rotatable bonds is 2. The molecule has 5 aliphatic carbocycles. The number of methoxy groups -OCH3 is 1. The fourth-order valence-electron chi connectivity index (χ4n) is 11.4. The molecule has 37 heavy (non-hydrogen) atoms. The molecule has 4 heteroatoms. The molecule has 4 saturated carbocycles. The maximum atomic E-state index is 13.4. The zero-order valence-electron chi connectivity index (χ0n) is 25.0. The van der Waals surface area contributed by atoms with Crippen molar-refractivity contribution in [1.29, 1.82) is 0 Å². The van der Waals surface area contributed by atoms with Crippen LogP contribution < -0.4 is 0 Å². The van der Waals surface area contributed by atoms with Gasteiger partial charge < -0.3 is 9.47 Å². The Kier molecular flexibility index (Phi) is 6.33. The van der Waals surface area contributed by atoms with Crippen LogP contribution in [0.15, 0.2) is 11.6 Å². The summed E-state index contributed by atoms with van der Waals surface area (Å²) in [7, 11) is 1.59. The van der Waals surface area contributed by atoms with E-state index in [0.717, 1.165) is 44.9 Å². The average molecular weight is 513 g/mol. The first-order valence-electron chi connectivity index (χ1n) is 15.2. The summed E-state index contributed by atoms with van der Waals surface area (Å²) < 4.78 is 11.4. The molecule has 0 bridgehead atoms. The third-order valence-electron chi connectivity index (χ3n) is 13.8. The Labute approximate surface area is 225 Å². The summed E-state index contributed by atoms with van der Waals surface area (Å²) in [4.78, 5) is 25.4. The van der Waals surface area contributed by atoms with E-state index in [1.807, 2.05) is 0 Å². The van der Waals surface area contributed by atoms with Crippen LogP contribution >= 0.6 is 0 Å². The van der Waals surface area contributed by atoms with Crippen molar-refractivity contribution >= 4 is 11.9 Å². The van der Waals surface area contributed by atoms with E-state index in [0.29, 0.717) is 29.6 Å². The second kappa shape index (κ2) is 8.59. The maximum Gasteiger partial charge on any atom is 0.312 e. The summed E-state index contributed by atoms with van der Waals surface area (Å²) in [5.74, 6) is 2.45. The molecule has 4 nitrogen and oxygen atoms in total. The Morgan fingerprint density at radius 3 is 2.24 bits per heavy atom. The van der Waals surface area contributed by atoms with Crippen LogP contribution in [-0.2, 0) is 19.1 Å². The normalized spacial score (nSPS) is 50.4. The number of hydrogen-bond donors (Lipinski definition) is 0. The van der Waals surface area contributed by atoms with Crippen molar-refractivity contribution in [3.63, 3.8) is 0 Å². The van der Waals surface area contributed by atoms with Crippen molar-refractivity contribution in [2.24, 2.45) is 56.7 Å². The van der Waals surface area contributed by atoms with Gasteiger partial charge in [-0.15, -0.1) is 0 Å². The van der Waals surface area contributed by atoms with Gasteiger partial charge in [-0.05, 0) is 104 Å². The third kappa shape index (κ3) is 3.45. The number of allylic oxidation sites excluding steroid dienone is 2. The molecule has 208 valence electrons.